The maximum atomic E-state index is 13.7. The summed E-state index contributed by atoms with van der Waals surface area (Å²) in [6, 6.07) is 4.53. The molecule has 0 aromatic heterocycles. The van der Waals surface area contributed by atoms with Crippen molar-refractivity contribution >= 4 is 5.91 Å². The Labute approximate surface area is 112 Å². The Balaban J connectivity index is 2.55. The summed E-state index contributed by atoms with van der Waals surface area (Å²) < 4.78 is 18.7. The largest absolute Gasteiger partial charge is 0.481 e. The van der Waals surface area contributed by atoms with Gasteiger partial charge in [0.05, 0.1) is 6.54 Å². The molecular formula is C14H17FN2O2. The number of amides is 1. The first-order valence-electron chi connectivity index (χ1n) is 5.90. The average Bonchev–Trinajstić information content (AvgIpc) is 2.34. The van der Waals surface area contributed by atoms with E-state index >= 15 is 0 Å². The van der Waals surface area contributed by atoms with Crippen molar-refractivity contribution in [3.8, 4) is 18.1 Å². The Bertz CT molecular complexity index is 481. The van der Waals surface area contributed by atoms with E-state index in [1.165, 1.54) is 12.1 Å². The first-order chi connectivity index (χ1) is 9.02. The van der Waals surface area contributed by atoms with Crippen molar-refractivity contribution in [2.45, 2.75) is 19.4 Å². The van der Waals surface area contributed by atoms with Crippen LogP contribution in [0.3, 0.4) is 0 Å². The lowest BCUT2D eigenvalue weighted by Crippen LogP contribution is -2.29. The average molecular weight is 264 g/mol. The van der Waals surface area contributed by atoms with Crippen LogP contribution in [-0.4, -0.2) is 25.1 Å². The van der Waals surface area contributed by atoms with E-state index in [2.05, 4.69) is 11.2 Å². The number of carbonyl (C=O) groups is 1. The molecule has 5 heteroatoms. The maximum absolute atomic E-state index is 13.7. The SMILES string of the molecule is C#CCNC(=O)COc1ccc(CC(C)N)cc1F. The number of nitrogens with two attached hydrogens (primary N) is 1. The van der Waals surface area contributed by atoms with Crippen molar-refractivity contribution in [2.24, 2.45) is 5.73 Å². The monoisotopic (exact) mass is 264 g/mol. The quantitative estimate of drug-likeness (QED) is 0.748. The molecule has 0 aliphatic rings. The summed E-state index contributed by atoms with van der Waals surface area (Å²) in [5.74, 6) is 1.39. The van der Waals surface area contributed by atoms with Crippen LogP contribution in [0.4, 0.5) is 4.39 Å². The van der Waals surface area contributed by atoms with Crippen LogP contribution in [-0.2, 0) is 11.2 Å². The van der Waals surface area contributed by atoms with Crippen molar-refractivity contribution in [2.75, 3.05) is 13.2 Å². The van der Waals surface area contributed by atoms with E-state index in [1.807, 2.05) is 6.92 Å². The maximum Gasteiger partial charge on any atom is 0.258 e. The Morgan fingerprint density at radius 3 is 2.95 bits per heavy atom. The zero-order valence-corrected chi connectivity index (χ0v) is 10.8. The van der Waals surface area contributed by atoms with Crippen LogP contribution in [0, 0.1) is 18.2 Å². The third-order valence-corrected chi connectivity index (χ3v) is 2.30. The number of hydrogen-bond acceptors (Lipinski definition) is 3. The van der Waals surface area contributed by atoms with Gasteiger partial charge in [-0.05, 0) is 31.0 Å². The molecule has 0 bridgehead atoms. The molecular weight excluding hydrogens is 247 g/mol. The fraction of sp³-hybridized carbons (Fsp3) is 0.357. The lowest BCUT2D eigenvalue weighted by Gasteiger charge is -2.09. The van der Waals surface area contributed by atoms with Gasteiger partial charge in [-0.1, -0.05) is 12.0 Å². The van der Waals surface area contributed by atoms with Gasteiger partial charge in [-0.2, -0.15) is 0 Å². The number of nitrogens with one attached hydrogen (secondary N) is 1. The van der Waals surface area contributed by atoms with Crippen molar-refractivity contribution in [3.63, 3.8) is 0 Å². The Morgan fingerprint density at radius 1 is 1.63 bits per heavy atom. The van der Waals surface area contributed by atoms with E-state index in [9.17, 15) is 9.18 Å². The van der Waals surface area contributed by atoms with Crippen LogP contribution in [0.2, 0.25) is 0 Å². The minimum absolute atomic E-state index is 0.0317. The summed E-state index contributed by atoms with van der Waals surface area (Å²) in [4.78, 5) is 11.2. The highest BCUT2D eigenvalue weighted by molar-refractivity contribution is 5.77. The van der Waals surface area contributed by atoms with Crippen LogP contribution < -0.4 is 15.8 Å². The van der Waals surface area contributed by atoms with Crippen molar-refractivity contribution in [1.82, 2.24) is 5.32 Å². The topological polar surface area (TPSA) is 64.3 Å². The van der Waals surface area contributed by atoms with E-state index in [0.29, 0.717) is 6.42 Å². The lowest BCUT2D eigenvalue weighted by molar-refractivity contribution is -0.122. The van der Waals surface area contributed by atoms with Gasteiger partial charge in [-0.25, -0.2) is 4.39 Å². The van der Waals surface area contributed by atoms with E-state index in [0.717, 1.165) is 5.56 Å². The van der Waals surface area contributed by atoms with E-state index in [4.69, 9.17) is 16.9 Å². The molecule has 0 aliphatic carbocycles. The smallest absolute Gasteiger partial charge is 0.258 e. The number of hydrogen-bond donors (Lipinski definition) is 2. The van der Waals surface area contributed by atoms with E-state index < -0.39 is 11.7 Å². The second kappa shape index (κ2) is 7.39. The number of rotatable bonds is 6. The molecule has 0 heterocycles. The normalized spacial score (nSPS) is 11.5. The van der Waals surface area contributed by atoms with Gasteiger partial charge in [0.1, 0.15) is 0 Å². The van der Waals surface area contributed by atoms with E-state index in [1.54, 1.807) is 6.07 Å². The van der Waals surface area contributed by atoms with Crippen LogP contribution in [0.5, 0.6) is 5.75 Å². The fourth-order valence-electron chi connectivity index (χ4n) is 1.50. The second-order valence-electron chi connectivity index (χ2n) is 4.22. The molecule has 0 spiro atoms. The van der Waals surface area contributed by atoms with Crippen molar-refractivity contribution < 1.29 is 13.9 Å². The Kier molecular flexibility index (Phi) is 5.83. The van der Waals surface area contributed by atoms with Crippen LogP contribution in [0.25, 0.3) is 0 Å². The molecule has 0 fully saturated rings. The first-order valence-corrected chi connectivity index (χ1v) is 5.90. The number of halogens is 1. The lowest BCUT2D eigenvalue weighted by atomic mass is 10.1. The number of benzene rings is 1. The number of ether oxygens (including phenoxy) is 1. The minimum Gasteiger partial charge on any atom is -0.481 e. The van der Waals surface area contributed by atoms with Crippen molar-refractivity contribution in [3.05, 3.63) is 29.6 Å². The summed E-state index contributed by atoms with van der Waals surface area (Å²) in [6.07, 6.45) is 5.57. The highest BCUT2D eigenvalue weighted by Gasteiger charge is 2.08. The van der Waals surface area contributed by atoms with Gasteiger partial charge in [-0.3, -0.25) is 4.79 Å². The van der Waals surface area contributed by atoms with Gasteiger partial charge in [-0.15, -0.1) is 6.42 Å². The van der Waals surface area contributed by atoms with Crippen LogP contribution in [0.15, 0.2) is 18.2 Å². The molecule has 4 nitrogen and oxygen atoms in total. The van der Waals surface area contributed by atoms with Gasteiger partial charge >= 0.3 is 0 Å². The van der Waals surface area contributed by atoms with Crippen LogP contribution in [0.1, 0.15) is 12.5 Å². The standard InChI is InChI=1S/C14H17FN2O2/c1-3-6-17-14(18)9-19-13-5-4-11(7-10(2)16)8-12(13)15/h1,4-5,8,10H,6-7,9,16H2,2H3,(H,17,18). The molecule has 1 unspecified atom stereocenters. The molecule has 1 aromatic carbocycles. The fourth-order valence-corrected chi connectivity index (χ4v) is 1.50. The minimum atomic E-state index is -0.511. The summed E-state index contributed by atoms with van der Waals surface area (Å²) in [5, 5.41) is 2.42. The number of carbonyl (C=O) groups excluding carboxylic acids is 1. The molecule has 19 heavy (non-hydrogen) atoms. The van der Waals surface area contributed by atoms with Crippen molar-refractivity contribution in [1.29, 1.82) is 0 Å². The molecule has 0 saturated carbocycles. The number of terminal acetylenes is 1. The first kappa shape index (κ1) is 15.0. The molecule has 0 radical (unpaired) electrons. The van der Waals surface area contributed by atoms with Gasteiger partial charge in [0.15, 0.2) is 18.2 Å². The third kappa shape index (κ3) is 5.40. The van der Waals surface area contributed by atoms with Gasteiger partial charge < -0.3 is 15.8 Å². The molecule has 0 saturated heterocycles. The van der Waals surface area contributed by atoms with Gasteiger partial charge in [0, 0.05) is 6.04 Å². The Hall–Kier alpha value is -2.06. The van der Waals surface area contributed by atoms with E-state index in [-0.39, 0.29) is 24.9 Å². The predicted molar refractivity (Wildman–Crippen MR) is 71.1 cm³/mol. The molecule has 1 rings (SSSR count). The zero-order valence-electron chi connectivity index (χ0n) is 10.8. The highest BCUT2D eigenvalue weighted by Crippen LogP contribution is 2.18. The van der Waals surface area contributed by atoms with Crippen LogP contribution >= 0.6 is 0 Å². The molecule has 0 aliphatic heterocycles. The summed E-state index contributed by atoms with van der Waals surface area (Å²) >= 11 is 0. The van der Waals surface area contributed by atoms with Gasteiger partial charge in [0.2, 0.25) is 0 Å². The zero-order chi connectivity index (χ0) is 14.3. The molecule has 102 valence electrons. The summed E-state index contributed by atoms with van der Waals surface area (Å²) in [7, 11) is 0. The predicted octanol–water partition coefficient (Wildman–Crippen LogP) is 0.844. The second-order valence-corrected chi connectivity index (χ2v) is 4.22. The molecule has 3 N–H and O–H groups in total. The molecule has 1 atom stereocenters. The molecule has 1 amide bonds. The molecule has 1 aromatic rings. The third-order valence-electron chi connectivity index (χ3n) is 2.30. The highest BCUT2D eigenvalue weighted by atomic mass is 19.1. The van der Waals surface area contributed by atoms with Gasteiger partial charge in [0.25, 0.3) is 5.91 Å². The Morgan fingerprint density at radius 2 is 2.37 bits per heavy atom. The summed E-state index contributed by atoms with van der Waals surface area (Å²) in [6.45, 7) is 1.70. The summed E-state index contributed by atoms with van der Waals surface area (Å²) in [5.41, 5.74) is 6.42.